The molecule has 1 saturated heterocycles. The Balaban J connectivity index is 1.35. The highest BCUT2D eigenvalue weighted by molar-refractivity contribution is 5.56. The van der Waals surface area contributed by atoms with Gasteiger partial charge in [-0.15, -0.1) is 0 Å². The van der Waals surface area contributed by atoms with E-state index in [1.807, 2.05) is 18.2 Å². The van der Waals surface area contributed by atoms with Crippen molar-refractivity contribution in [3.63, 3.8) is 0 Å². The van der Waals surface area contributed by atoms with E-state index in [0.717, 1.165) is 54.9 Å². The lowest BCUT2D eigenvalue weighted by Gasteiger charge is -2.25. The molecule has 0 aliphatic carbocycles. The fourth-order valence-corrected chi connectivity index (χ4v) is 4.02. The van der Waals surface area contributed by atoms with Crippen LogP contribution in [0.2, 0.25) is 0 Å². The Morgan fingerprint density at radius 2 is 2.00 bits per heavy atom. The van der Waals surface area contributed by atoms with Crippen LogP contribution in [0, 0.1) is 11.6 Å². The minimum atomic E-state index is -0.805. The molecule has 0 bridgehead atoms. The molecule has 0 spiro atoms. The molecule has 2 atom stereocenters. The minimum Gasteiger partial charge on any atom is -0.492 e. The van der Waals surface area contributed by atoms with Gasteiger partial charge in [-0.1, -0.05) is 6.07 Å². The summed E-state index contributed by atoms with van der Waals surface area (Å²) in [4.78, 5) is 2.27. The third-order valence-electron chi connectivity index (χ3n) is 5.43. The molecule has 4 nitrogen and oxygen atoms in total. The maximum absolute atomic E-state index is 13.6. The van der Waals surface area contributed by atoms with E-state index < -0.39 is 17.9 Å². The number of nitrogens with one attached hydrogen (secondary N) is 1. The number of aryl methyl sites for hydroxylation is 1. The molecule has 1 fully saturated rings. The summed E-state index contributed by atoms with van der Waals surface area (Å²) in [6, 6.07) is 10.2. The van der Waals surface area contributed by atoms with Gasteiger partial charge >= 0.3 is 0 Å². The second-order valence-electron chi connectivity index (χ2n) is 7.23. The standard InChI is InChI=1S/C21H24F2N2O2/c22-17-6-3-15(13-18(17)23)20-2-1-9-25(20)10-11-27-16-5-7-19-14(12-16)4-8-21(26)24-19/h3,5-7,12-13,20-21,24,26H,1-2,4,8-11H2. The third-order valence-corrected chi connectivity index (χ3v) is 5.43. The van der Waals surface area contributed by atoms with Crippen LogP contribution in [0.15, 0.2) is 36.4 Å². The van der Waals surface area contributed by atoms with E-state index in [2.05, 4.69) is 10.2 Å². The molecule has 4 rings (SSSR count). The van der Waals surface area contributed by atoms with E-state index >= 15 is 0 Å². The van der Waals surface area contributed by atoms with Gasteiger partial charge in [0, 0.05) is 18.3 Å². The highest BCUT2D eigenvalue weighted by atomic mass is 19.2. The molecule has 2 N–H and O–H groups in total. The highest BCUT2D eigenvalue weighted by Gasteiger charge is 2.26. The Morgan fingerprint density at radius 3 is 2.85 bits per heavy atom. The molecule has 2 heterocycles. The van der Waals surface area contributed by atoms with Gasteiger partial charge in [0.25, 0.3) is 0 Å². The van der Waals surface area contributed by atoms with Crippen molar-refractivity contribution in [1.82, 2.24) is 4.90 Å². The average molecular weight is 374 g/mol. The van der Waals surface area contributed by atoms with Crippen molar-refractivity contribution in [3.05, 3.63) is 59.2 Å². The van der Waals surface area contributed by atoms with Crippen LogP contribution in [0.1, 0.15) is 36.4 Å². The van der Waals surface area contributed by atoms with Gasteiger partial charge in [0.15, 0.2) is 11.6 Å². The lowest BCUT2D eigenvalue weighted by molar-refractivity contribution is 0.188. The van der Waals surface area contributed by atoms with E-state index in [0.29, 0.717) is 13.0 Å². The Hall–Kier alpha value is -2.18. The molecule has 2 aromatic rings. The Labute approximate surface area is 157 Å². The summed E-state index contributed by atoms with van der Waals surface area (Å²) < 4.78 is 32.7. The number of aliphatic hydroxyl groups excluding tert-OH is 1. The number of ether oxygens (including phenoxy) is 1. The van der Waals surface area contributed by atoms with Crippen molar-refractivity contribution < 1.29 is 18.6 Å². The maximum atomic E-state index is 13.6. The normalized spacial score (nSPS) is 22.3. The quantitative estimate of drug-likeness (QED) is 0.834. The first kappa shape index (κ1) is 18.2. The van der Waals surface area contributed by atoms with Crippen LogP contribution in [0.4, 0.5) is 14.5 Å². The molecule has 6 heteroatoms. The number of aliphatic hydroxyl groups is 1. The zero-order chi connectivity index (χ0) is 18.8. The van der Waals surface area contributed by atoms with Crippen molar-refractivity contribution in [2.45, 2.75) is 38.0 Å². The zero-order valence-electron chi connectivity index (χ0n) is 15.1. The second kappa shape index (κ2) is 7.82. The number of hydrogen-bond donors (Lipinski definition) is 2. The molecular formula is C21H24F2N2O2. The molecule has 27 heavy (non-hydrogen) atoms. The fraction of sp³-hybridized carbons (Fsp3) is 0.429. The van der Waals surface area contributed by atoms with E-state index in [1.54, 1.807) is 6.07 Å². The largest absolute Gasteiger partial charge is 0.492 e. The van der Waals surface area contributed by atoms with Crippen molar-refractivity contribution >= 4 is 5.69 Å². The van der Waals surface area contributed by atoms with E-state index in [4.69, 9.17) is 4.74 Å². The fourth-order valence-electron chi connectivity index (χ4n) is 4.02. The Bertz CT molecular complexity index is 815. The lowest BCUT2D eigenvalue weighted by Crippen LogP contribution is -2.28. The first-order valence-corrected chi connectivity index (χ1v) is 9.49. The molecular weight excluding hydrogens is 350 g/mol. The number of nitrogens with zero attached hydrogens (tertiary/aromatic N) is 1. The topological polar surface area (TPSA) is 44.7 Å². The monoisotopic (exact) mass is 374 g/mol. The van der Waals surface area contributed by atoms with Gasteiger partial charge in [0.2, 0.25) is 0 Å². The van der Waals surface area contributed by atoms with E-state index in [-0.39, 0.29) is 6.04 Å². The van der Waals surface area contributed by atoms with E-state index in [9.17, 15) is 13.9 Å². The van der Waals surface area contributed by atoms with Gasteiger partial charge in [-0.25, -0.2) is 8.78 Å². The van der Waals surface area contributed by atoms with Crippen LogP contribution in [0.25, 0.3) is 0 Å². The van der Waals surface area contributed by atoms with E-state index in [1.165, 1.54) is 12.1 Å². The summed E-state index contributed by atoms with van der Waals surface area (Å²) >= 11 is 0. The number of likely N-dealkylation sites (tertiary alicyclic amines) is 1. The average Bonchev–Trinajstić information content (AvgIpc) is 3.12. The van der Waals surface area contributed by atoms with Gasteiger partial charge in [-0.3, -0.25) is 4.90 Å². The first-order valence-electron chi connectivity index (χ1n) is 9.49. The zero-order valence-corrected chi connectivity index (χ0v) is 15.1. The van der Waals surface area contributed by atoms with Crippen LogP contribution in [-0.2, 0) is 6.42 Å². The number of benzene rings is 2. The first-order chi connectivity index (χ1) is 13.1. The molecule has 0 saturated carbocycles. The predicted molar refractivity (Wildman–Crippen MR) is 99.8 cm³/mol. The van der Waals surface area contributed by atoms with Crippen molar-refractivity contribution in [1.29, 1.82) is 0 Å². The maximum Gasteiger partial charge on any atom is 0.159 e. The smallest absolute Gasteiger partial charge is 0.159 e. The van der Waals surface area contributed by atoms with Crippen LogP contribution >= 0.6 is 0 Å². The molecule has 2 unspecified atom stereocenters. The van der Waals surface area contributed by atoms with Crippen LogP contribution < -0.4 is 10.1 Å². The highest BCUT2D eigenvalue weighted by Crippen LogP contribution is 2.32. The molecule has 0 radical (unpaired) electrons. The van der Waals surface area contributed by atoms with Gasteiger partial charge in [-0.2, -0.15) is 0 Å². The van der Waals surface area contributed by atoms with Gasteiger partial charge < -0.3 is 15.2 Å². The third kappa shape index (κ3) is 4.06. The number of fused-ring (bicyclic) bond motifs is 1. The lowest BCUT2D eigenvalue weighted by atomic mass is 10.0. The van der Waals surface area contributed by atoms with Gasteiger partial charge in [0.1, 0.15) is 18.6 Å². The van der Waals surface area contributed by atoms with Crippen molar-refractivity contribution in [2.24, 2.45) is 0 Å². The number of halogens is 2. The summed E-state index contributed by atoms with van der Waals surface area (Å²) in [5.74, 6) is -0.778. The second-order valence-corrected chi connectivity index (χ2v) is 7.23. The Morgan fingerprint density at radius 1 is 1.11 bits per heavy atom. The molecule has 2 aliphatic rings. The molecule has 2 aromatic carbocycles. The van der Waals surface area contributed by atoms with Crippen molar-refractivity contribution in [3.8, 4) is 5.75 Å². The number of hydrogen-bond acceptors (Lipinski definition) is 4. The SMILES string of the molecule is OC1CCc2cc(OCCN3CCCC3c3ccc(F)c(F)c3)ccc2N1. The Kier molecular flexibility index (Phi) is 5.27. The van der Waals surface area contributed by atoms with Crippen LogP contribution in [0.5, 0.6) is 5.75 Å². The molecule has 144 valence electrons. The summed E-state index contributed by atoms with van der Waals surface area (Å²) in [5.41, 5.74) is 2.93. The van der Waals surface area contributed by atoms with Crippen LogP contribution in [-0.4, -0.2) is 35.9 Å². The summed E-state index contributed by atoms with van der Waals surface area (Å²) in [5, 5.41) is 12.7. The number of anilines is 1. The molecule has 2 aliphatic heterocycles. The molecule has 0 amide bonds. The van der Waals surface area contributed by atoms with Crippen LogP contribution in [0.3, 0.4) is 0 Å². The van der Waals surface area contributed by atoms with Crippen molar-refractivity contribution in [2.75, 3.05) is 25.0 Å². The minimum absolute atomic E-state index is 0.109. The summed E-state index contributed by atoms with van der Waals surface area (Å²) in [6.07, 6.45) is 3.02. The van der Waals surface area contributed by atoms with Gasteiger partial charge in [0.05, 0.1) is 0 Å². The summed E-state index contributed by atoms with van der Waals surface area (Å²) in [7, 11) is 0. The number of rotatable bonds is 5. The molecule has 0 aromatic heterocycles. The van der Waals surface area contributed by atoms with Gasteiger partial charge in [-0.05, 0) is 73.7 Å². The predicted octanol–water partition coefficient (Wildman–Crippen LogP) is 3.86. The summed E-state index contributed by atoms with van der Waals surface area (Å²) in [6.45, 7) is 2.20.